The molecule has 0 aliphatic heterocycles. The zero-order chi connectivity index (χ0) is 17.8. The van der Waals surface area contributed by atoms with E-state index in [2.05, 4.69) is 29.5 Å². The highest BCUT2D eigenvalue weighted by molar-refractivity contribution is 6.05. The second kappa shape index (κ2) is 7.17. The Hall–Kier alpha value is -3.15. The van der Waals surface area contributed by atoms with E-state index in [-0.39, 0.29) is 11.7 Å². The van der Waals surface area contributed by atoms with E-state index in [1.54, 1.807) is 31.4 Å². The number of amides is 1. The number of nitrogens with one attached hydrogen (secondary N) is 1. The van der Waals surface area contributed by atoms with Crippen LogP contribution in [-0.4, -0.2) is 23.3 Å². The number of carbonyl (C=O) groups is 1. The van der Waals surface area contributed by atoms with Crippen molar-refractivity contribution in [1.82, 2.24) is 10.3 Å². The van der Waals surface area contributed by atoms with Crippen LogP contribution in [-0.2, 0) is 0 Å². The maximum absolute atomic E-state index is 12.4. The molecule has 25 heavy (non-hydrogen) atoms. The summed E-state index contributed by atoms with van der Waals surface area (Å²) in [5.74, 6) is 1.02. The molecule has 1 heterocycles. The molecule has 0 fully saturated rings. The number of hydrogen-bond donors (Lipinski definition) is 1. The Labute approximate surface area is 145 Å². The van der Waals surface area contributed by atoms with Crippen molar-refractivity contribution in [1.29, 1.82) is 0 Å². The topological polar surface area (TPSA) is 77.2 Å². The normalized spacial score (nSPS) is 10.7. The van der Waals surface area contributed by atoms with Gasteiger partial charge in [-0.25, -0.2) is 4.63 Å². The van der Waals surface area contributed by atoms with Gasteiger partial charge in [-0.05, 0) is 40.0 Å². The summed E-state index contributed by atoms with van der Waals surface area (Å²) in [4.78, 5) is 12.4. The number of methoxy groups -OCH3 is 1. The van der Waals surface area contributed by atoms with E-state index in [0.717, 1.165) is 5.56 Å². The number of hydrogen-bond acceptors (Lipinski definition) is 5. The van der Waals surface area contributed by atoms with Gasteiger partial charge in [0, 0.05) is 11.1 Å². The van der Waals surface area contributed by atoms with Crippen molar-refractivity contribution >= 4 is 11.7 Å². The summed E-state index contributed by atoms with van der Waals surface area (Å²) < 4.78 is 9.96. The van der Waals surface area contributed by atoms with Gasteiger partial charge in [0.15, 0.2) is 5.69 Å². The van der Waals surface area contributed by atoms with Crippen LogP contribution in [0.3, 0.4) is 0 Å². The molecule has 0 radical (unpaired) electrons. The third kappa shape index (κ3) is 3.68. The number of benzene rings is 2. The maximum atomic E-state index is 12.4. The second-order valence-electron chi connectivity index (χ2n) is 5.92. The first-order valence-electron chi connectivity index (χ1n) is 7.96. The lowest BCUT2D eigenvalue weighted by Crippen LogP contribution is -2.12. The third-order valence-corrected chi connectivity index (χ3v) is 3.90. The van der Waals surface area contributed by atoms with E-state index in [1.165, 1.54) is 5.56 Å². The van der Waals surface area contributed by atoms with Gasteiger partial charge in [0.2, 0.25) is 5.82 Å². The van der Waals surface area contributed by atoms with Crippen LogP contribution in [0.25, 0.3) is 11.3 Å². The number of rotatable bonds is 5. The molecule has 1 amide bonds. The van der Waals surface area contributed by atoms with Crippen molar-refractivity contribution < 1.29 is 14.2 Å². The van der Waals surface area contributed by atoms with Crippen LogP contribution >= 0.6 is 0 Å². The molecule has 0 saturated carbocycles. The van der Waals surface area contributed by atoms with Crippen LogP contribution in [0.1, 0.15) is 35.7 Å². The van der Waals surface area contributed by atoms with Crippen molar-refractivity contribution in [2.24, 2.45) is 0 Å². The molecule has 1 N–H and O–H groups in total. The van der Waals surface area contributed by atoms with Crippen molar-refractivity contribution in [3.63, 3.8) is 0 Å². The van der Waals surface area contributed by atoms with Gasteiger partial charge in [-0.1, -0.05) is 44.2 Å². The Morgan fingerprint density at radius 1 is 1.12 bits per heavy atom. The lowest BCUT2D eigenvalue weighted by atomic mass is 10.0. The number of anilines is 1. The highest BCUT2D eigenvalue weighted by Crippen LogP contribution is 2.26. The number of carbonyl (C=O) groups excluding carboxylic acids is 1. The van der Waals surface area contributed by atoms with Crippen molar-refractivity contribution in [3.05, 3.63) is 59.7 Å². The molecule has 1 aromatic heterocycles. The summed E-state index contributed by atoms with van der Waals surface area (Å²) in [7, 11) is 1.55. The van der Waals surface area contributed by atoms with Crippen LogP contribution in [0.4, 0.5) is 5.82 Å². The molecule has 2 aromatic carbocycles. The fourth-order valence-electron chi connectivity index (χ4n) is 2.43. The Morgan fingerprint density at radius 3 is 2.56 bits per heavy atom. The predicted octanol–water partition coefficient (Wildman–Crippen LogP) is 4.12. The molecule has 3 rings (SSSR count). The first-order chi connectivity index (χ1) is 12.1. The zero-order valence-corrected chi connectivity index (χ0v) is 14.3. The summed E-state index contributed by atoms with van der Waals surface area (Å²) in [5, 5.41) is 10.5. The van der Waals surface area contributed by atoms with Crippen LogP contribution in [0.15, 0.2) is 53.2 Å². The Balaban J connectivity index is 1.82. The fourth-order valence-corrected chi connectivity index (χ4v) is 2.43. The lowest BCUT2D eigenvalue weighted by Gasteiger charge is -2.07. The first-order valence-corrected chi connectivity index (χ1v) is 7.96. The summed E-state index contributed by atoms with van der Waals surface area (Å²) in [6, 6.07) is 14.8. The molecule has 128 valence electrons. The largest absolute Gasteiger partial charge is 0.497 e. The number of aromatic nitrogens is 2. The van der Waals surface area contributed by atoms with Gasteiger partial charge < -0.3 is 10.1 Å². The van der Waals surface area contributed by atoms with Crippen LogP contribution < -0.4 is 10.1 Å². The molecule has 6 heteroatoms. The monoisotopic (exact) mass is 337 g/mol. The van der Waals surface area contributed by atoms with Crippen molar-refractivity contribution in [3.8, 4) is 17.0 Å². The molecular weight excluding hydrogens is 318 g/mol. The fraction of sp³-hybridized carbons (Fsp3) is 0.211. The highest BCUT2D eigenvalue weighted by atomic mass is 16.6. The third-order valence-electron chi connectivity index (χ3n) is 3.90. The summed E-state index contributed by atoms with van der Waals surface area (Å²) in [5.41, 5.74) is 3.00. The van der Waals surface area contributed by atoms with Gasteiger partial charge in [-0.3, -0.25) is 4.79 Å². The molecule has 0 aliphatic rings. The van der Waals surface area contributed by atoms with Gasteiger partial charge in [-0.15, -0.1) is 0 Å². The number of ether oxygens (including phenoxy) is 1. The van der Waals surface area contributed by atoms with Gasteiger partial charge >= 0.3 is 0 Å². The Morgan fingerprint density at radius 2 is 1.88 bits per heavy atom. The van der Waals surface area contributed by atoms with Gasteiger partial charge in [-0.2, -0.15) is 0 Å². The van der Waals surface area contributed by atoms with Crippen molar-refractivity contribution in [2.75, 3.05) is 12.4 Å². The van der Waals surface area contributed by atoms with E-state index in [4.69, 9.17) is 9.37 Å². The van der Waals surface area contributed by atoms with Crippen molar-refractivity contribution in [2.45, 2.75) is 19.8 Å². The van der Waals surface area contributed by atoms with Gasteiger partial charge in [0.1, 0.15) is 5.75 Å². The summed E-state index contributed by atoms with van der Waals surface area (Å²) in [6.07, 6.45) is 0. The summed E-state index contributed by atoms with van der Waals surface area (Å²) in [6.45, 7) is 4.26. The molecule has 0 saturated heterocycles. The first kappa shape index (κ1) is 16.7. The van der Waals surface area contributed by atoms with Crippen LogP contribution in [0.2, 0.25) is 0 Å². The molecule has 3 aromatic rings. The minimum Gasteiger partial charge on any atom is -0.497 e. The van der Waals surface area contributed by atoms with Crippen LogP contribution in [0.5, 0.6) is 5.75 Å². The van der Waals surface area contributed by atoms with Crippen LogP contribution in [0, 0.1) is 0 Å². The Bertz CT molecular complexity index is 870. The minimum atomic E-state index is -0.311. The molecule has 0 bridgehead atoms. The van der Waals surface area contributed by atoms with E-state index in [9.17, 15) is 4.79 Å². The molecule has 0 unspecified atom stereocenters. The number of nitrogens with zero attached hydrogens (tertiary/aromatic N) is 2. The molecule has 0 spiro atoms. The average molecular weight is 337 g/mol. The minimum absolute atomic E-state index is 0.283. The molecule has 0 atom stereocenters. The smallest absolute Gasteiger partial charge is 0.257 e. The van der Waals surface area contributed by atoms with Gasteiger partial charge in [0.25, 0.3) is 5.91 Å². The molecule has 6 nitrogen and oxygen atoms in total. The van der Waals surface area contributed by atoms with E-state index in [1.807, 2.05) is 24.3 Å². The van der Waals surface area contributed by atoms with E-state index in [0.29, 0.717) is 22.9 Å². The maximum Gasteiger partial charge on any atom is 0.257 e. The summed E-state index contributed by atoms with van der Waals surface area (Å²) >= 11 is 0. The lowest BCUT2D eigenvalue weighted by molar-refractivity contribution is 0.102. The van der Waals surface area contributed by atoms with E-state index < -0.39 is 0 Å². The predicted molar refractivity (Wildman–Crippen MR) is 94.8 cm³/mol. The van der Waals surface area contributed by atoms with E-state index >= 15 is 0 Å². The van der Waals surface area contributed by atoms with Gasteiger partial charge in [0.05, 0.1) is 7.11 Å². The standard InChI is InChI=1S/C19H19N3O3/c1-12(2)13-7-9-14(10-8-13)17-18(22-25-21-17)20-19(23)15-5-4-6-16(11-15)24-3/h4-12H,1-3H3,(H,20,22,23). The average Bonchev–Trinajstić information content (AvgIpc) is 3.10. The molecule has 0 aliphatic carbocycles. The zero-order valence-electron chi connectivity index (χ0n) is 14.3. The highest BCUT2D eigenvalue weighted by Gasteiger charge is 2.16. The quantitative estimate of drug-likeness (QED) is 0.758. The second-order valence-corrected chi connectivity index (χ2v) is 5.92. The molecular formula is C19H19N3O3. The SMILES string of the molecule is COc1cccc(C(=O)Nc2nonc2-c2ccc(C(C)C)cc2)c1. The Kier molecular flexibility index (Phi) is 4.79.